The normalized spacial score (nSPS) is 10.0. The van der Waals surface area contributed by atoms with Gasteiger partial charge in [-0.2, -0.15) is 0 Å². The van der Waals surface area contributed by atoms with Gasteiger partial charge in [0.2, 0.25) is 0 Å². The molecule has 21 heavy (non-hydrogen) atoms. The SMILES string of the molecule is COc1ccc(OC)c(C(=O)OCc2cccc(Br)c2)c1. The van der Waals surface area contributed by atoms with Gasteiger partial charge in [0.05, 0.1) is 14.2 Å². The van der Waals surface area contributed by atoms with Crippen LogP contribution in [0.5, 0.6) is 11.5 Å². The molecule has 0 aliphatic heterocycles. The zero-order valence-electron chi connectivity index (χ0n) is 11.8. The number of hydrogen-bond acceptors (Lipinski definition) is 4. The molecule has 2 rings (SSSR count). The molecule has 5 heteroatoms. The van der Waals surface area contributed by atoms with Crippen LogP contribution in [-0.4, -0.2) is 20.2 Å². The van der Waals surface area contributed by atoms with E-state index in [1.165, 1.54) is 7.11 Å². The number of carbonyl (C=O) groups excluding carboxylic acids is 1. The third-order valence-electron chi connectivity index (χ3n) is 2.89. The summed E-state index contributed by atoms with van der Waals surface area (Å²) < 4.78 is 16.5. The Balaban J connectivity index is 2.12. The molecule has 0 heterocycles. The average molecular weight is 351 g/mol. The second-order valence-electron chi connectivity index (χ2n) is 4.27. The Morgan fingerprint density at radius 1 is 1.10 bits per heavy atom. The van der Waals surface area contributed by atoms with Crippen molar-refractivity contribution in [3.8, 4) is 11.5 Å². The molecule has 0 amide bonds. The van der Waals surface area contributed by atoms with Crippen molar-refractivity contribution in [2.24, 2.45) is 0 Å². The predicted molar refractivity (Wildman–Crippen MR) is 82.8 cm³/mol. The van der Waals surface area contributed by atoms with Crippen LogP contribution in [0, 0.1) is 0 Å². The number of hydrogen-bond donors (Lipinski definition) is 0. The van der Waals surface area contributed by atoms with E-state index in [9.17, 15) is 4.79 Å². The Labute approximate surface area is 131 Å². The van der Waals surface area contributed by atoms with Crippen molar-refractivity contribution < 1.29 is 19.0 Å². The van der Waals surface area contributed by atoms with E-state index in [0.29, 0.717) is 17.1 Å². The van der Waals surface area contributed by atoms with E-state index in [-0.39, 0.29) is 6.61 Å². The van der Waals surface area contributed by atoms with Crippen molar-refractivity contribution in [2.75, 3.05) is 14.2 Å². The van der Waals surface area contributed by atoms with Crippen molar-refractivity contribution in [1.82, 2.24) is 0 Å². The first-order valence-electron chi connectivity index (χ1n) is 6.27. The third-order valence-corrected chi connectivity index (χ3v) is 3.38. The summed E-state index contributed by atoms with van der Waals surface area (Å²) in [4.78, 5) is 12.2. The second kappa shape index (κ2) is 7.13. The van der Waals surface area contributed by atoms with Gasteiger partial charge in [0.25, 0.3) is 0 Å². The zero-order valence-corrected chi connectivity index (χ0v) is 13.3. The molecule has 0 aliphatic rings. The zero-order chi connectivity index (χ0) is 15.2. The van der Waals surface area contributed by atoms with Crippen LogP contribution in [0.1, 0.15) is 15.9 Å². The summed E-state index contributed by atoms with van der Waals surface area (Å²) in [7, 11) is 3.05. The molecule has 2 aromatic rings. The van der Waals surface area contributed by atoms with E-state index in [4.69, 9.17) is 14.2 Å². The topological polar surface area (TPSA) is 44.8 Å². The van der Waals surface area contributed by atoms with Gasteiger partial charge in [-0.25, -0.2) is 4.79 Å². The largest absolute Gasteiger partial charge is 0.497 e. The van der Waals surface area contributed by atoms with Gasteiger partial charge in [-0.05, 0) is 35.9 Å². The van der Waals surface area contributed by atoms with Gasteiger partial charge in [-0.1, -0.05) is 28.1 Å². The van der Waals surface area contributed by atoms with E-state index < -0.39 is 5.97 Å². The van der Waals surface area contributed by atoms with Crippen molar-refractivity contribution >= 4 is 21.9 Å². The molecule has 0 unspecified atom stereocenters. The highest BCUT2D eigenvalue weighted by atomic mass is 79.9. The summed E-state index contributed by atoms with van der Waals surface area (Å²) in [6.07, 6.45) is 0. The van der Waals surface area contributed by atoms with Crippen molar-refractivity contribution in [1.29, 1.82) is 0 Å². The minimum Gasteiger partial charge on any atom is -0.497 e. The fraction of sp³-hybridized carbons (Fsp3) is 0.188. The van der Waals surface area contributed by atoms with Crippen LogP contribution < -0.4 is 9.47 Å². The molecule has 0 aromatic heterocycles. The molecule has 0 aliphatic carbocycles. The van der Waals surface area contributed by atoms with Crippen LogP contribution in [0.3, 0.4) is 0 Å². The predicted octanol–water partition coefficient (Wildman–Crippen LogP) is 3.82. The summed E-state index contributed by atoms with van der Waals surface area (Å²) in [6.45, 7) is 0.193. The van der Waals surface area contributed by atoms with Gasteiger partial charge >= 0.3 is 5.97 Å². The monoisotopic (exact) mass is 350 g/mol. The van der Waals surface area contributed by atoms with Gasteiger partial charge in [0.1, 0.15) is 23.7 Å². The molecule has 110 valence electrons. The number of methoxy groups -OCH3 is 2. The molecule has 0 saturated heterocycles. The first-order valence-corrected chi connectivity index (χ1v) is 7.07. The first kappa shape index (κ1) is 15.4. The number of ether oxygens (including phenoxy) is 3. The number of carbonyl (C=O) groups is 1. The Morgan fingerprint density at radius 3 is 2.57 bits per heavy atom. The molecule has 2 aromatic carbocycles. The fourth-order valence-electron chi connectivity index (χ4n) is 1.83. The molecular weight excluding hydrogens is 336 g/mol. The lowest BCUT2D eigenvalue weighted by Crippen LogP contribution is -2.07. The molecular formula is C16H15BrO4. The van der Waals surface area contributed by atoms with Crippen LogP contribution in [0.15, 0.2) is 46.9 Å². The maximum absolute atomic E-state index is 12.2. The van der Waals surface area contributed by atoms with E-state index in [2.05, 4.69) is 15.9 Å². The molecule has 0 fully saturated rings. The van der Waals surface area contributed by atoms with E-state index >= 15 is 0 Å². The van der Waals surface area contributed by atoms with Crippen LogP contribution in [0.25, 0.3) is 0 Å². The standard InChI is InChI=1S/C16H15BrO4/c1-19-13-6-7-15(20-2)14(9-13)16(18)21-10-11-4-3-5-12(17)8-11/h3-9H,10H2,1-2H3. The minimum atomic E-state index is -0.453. The van der Waals surface area contributed by atoms with E-state index in [1.807, 2.05) is 24.3 Å². The number of esters is 1. The molecule has 0 atom stereocenters. The summed E-state index contributed by atoms with van der Waals surface area (Å²) in [5.41, 5.74) is 1.24. The summed E-state index contributed by atoms with van der Waals surface area (Å²) in [5.74, 6) is 0.575. The third kappa shape index (κ3) is 3.98. The Bertz CT molecular complexity index is 640. The first-order chi connectivity index (χ1) is 10.1. The Kier molecular flexibility index (Phi) is 5.22. The molecule has 0 saturated carbocycles. The van der Waals surface area contributed by atoms with Crippen LogP contribution in [-0.2, 0) is 11.3 Å². The van der Waals surface area contributed by atoms with Crippen molar-refractivity contribution in [2.45, 2.75) is 6.61 Å². The van der Waals surface area contributed by atoms with Crippen LogP contribution >= 0.6 is 15.9 Å². The number of benzene rings is 2. The summed E-state index contributed by atoms with van der Waals surface area (Å²) in [6, 6.07) is 12.6. The van der Waals surface area contributed by atoms with Crippen LogP contribution in [0.4, 0.5) is 0 Å². The van der Waals surface area contributed by atoms with Gasteiger partial charge in [0.15, 0.2) is 0 Å². The Hall–Kier alpha value is -2.01. The smallest absolute Gasteiger partial charge is 0.342 e. The average Bonchev–Trinajstić information content (AvgIpc) is 2.52. The maximum atomic E-state index is 12.2. The minimum absolute atomic E-state index is 0.193. The number of halogens is 1. The summed E-state index contributed by atoms with van der Waals surface area (Å²) in [5, 5.41) is 0. The van der Waals surface area contributed by atoms with Gasteiger partial charge in [0, 0.05) is 4.47 Å². The van der Waals surface area contributed by atoms with E-state index in [0.717, 1.165) is 10.0 Å². The summed E-state index contributed by atoms with van der Waals surface area (Å²) >= 11 is 3.38. The fourth-order valence-corrected chi connectivity index (χ4v) is 2.27. The Morgan fingerprint density at radius 2 is 1.90 bits per heavy atom. The second-order valence-corrected chi connectivity index (χ2v) is 5.19. The maximum Gasteiger partial charge on any atom is 0.342 e. The molecule has 0 N–H and O–H groups in total. The van der Waals surface area contributed by atoms with Gasteiger partial charge in [-0.3, -0.25) is 0 Å². The van der Waals surface area contributed by atoms with Crippen molar-refractivity contribution in [3.05, 3.63) is 58.1 Å². The lowest BCUT2D eigenvalue weighted by atomic mass is 10.2. The lowest BCUT2D eigenvalue weighted by molar-refractivity contribution is 0.0468. The number of rotatable bonds is 5. The highest BCUT2D eigenvalue weighted by Crippen LogP contribution is 2.25. The lowest BCUT2D eigenvalue weighted by Gasteiger charge is -2.10. The van der Waals surface area contributed by atoms with Crippen molar-refractivity contribution in [3.63, 3.8) is 0 Å². The molecule has 0 bridgehead atoms. The molecule has 0 radical (unpaired) electrons. The highest BCUT2D eigenvalue weighted by molar-refractivity contribution is 9.10. The van der Waals surface area contributed by atoms with Gasteiger partial charge < -0.3 is 14.2 Å². The van der Waals surface area contributed by atoms with Gasteiger partial charge in [-0.15, -0.1) is 0 Å². The van der Waals surface area contributed by atoms with Crippen LogP contribution in [0.2, 0.25) is 0 Å². The molecule has 0 spiro atoms. The van der Waals surface area contributed by atoms with E-state index in [1.54, 1.807) is 25.3 Å². The quantitative estimate of drug-likeness (QED) is 0.769. The molecule has 4 nitrogen and oxygen atoms in total. The highest BCUT2D eigenvalue weighted by Gasteiger charge is 2.15.